The molecule has 0 atom stereocenters. The molecule has 1 aliphatic heterocycles. The van der Waals surface area contributed by atoms with E-state index in [4.69, 9.17) is 10.5 Å². The van der Waals surface area contributed by atoms with Crippen molar-refractivity contribution in [1.29, 1.82) is 0 Å². The number of morpholine rings is 1. The third kappa shape index (κ3) is 4.57. The molecule has 1 aromatic rings. The Morgan fingerprint density at radius 2 is 2.00 bits per heavy atom. The van der Waals surface area contributed by atoms with Gasteiger partial charge in [-0.05, 0) is 18.2 Å². The van der Waals surface area contributed by atoms with Crippen LogP contribution in [-0.2, 0) is 11.3 Å². The molecule has 1 saturated heterocycles. The highest BCUT2D eigenvalue weighted by molar-refractivity contribution is 14.0. The summed E-state index contributed by atoms with van der Waals surface area (Å²) in [5, 5.41) is 0. The molecule has 0 amide bonds. The zero-order valence-electron chi connectivity index (χ0n) is 10.3. The Morgan fingerprint density at radius 3 is 2.68 bits per heavy atom. The Kier molecular flexibility index (Phi) is 6.43. The summed E-state index contributed by atoms with van der Waals surface area (Å²) < 4.78 is 31.5. The summed E-state index contributed by atoms with van der Waals surface area (Å²) in [6.07, 6.45) is 0. The monoisotopic (exact) mass is 383 g/mol. The second-order valence-electron chi connectivity index (χ2n) is 4.01. The summed E-state index contributed by atoms with van der Waals surface area (Å²) in [6.45, 7) is 2.57. The fourth-order valence-corrected chi connectivity index (χ4v) is 1.72. The van der Waals surface area contributed by atoms with E-state index in [2.05, 4.69) is 4.99 Å². The summed E-state index contributed by atoms with van der Waals surface area (Å²) in [5.74, 6) is -0.622. The van der Waals surface area contributed by atoms with E-state index in [1.807, 2.05) is 4.90 Å². The number of rotatable bonds is 2. The Bertz CT molecular complexity index is 451. The predicted molar refractivity (Wildman–Crippen MR) is 79.5 cm³/mol. The third-order valence-corrected chi connectivity index (χ3v) is 2.75. The highest BCUT2D eigenvalue weighted by atomic mass is 127. The standard InChI is InChI=1S/C12H15F2N3O.HI/c13-10-1-2-11(14)9(7-10)8-16-12(15)17-3-5-18-6-4-17;/h1-2,7H,3-6,8H2,(H2,15,16);1H. The predicted octanol–water partition coefficient (Wildman–Crippen LogP) is 1.73. The van der Waals surface area contributed by atoms with Crippen molar-refractivity contribution in [3.8, 4) is 0 Å². The molecule has 2 rings (SSSR count). The van der Waals surface area contributed by atoms with Gasteiger partial charge in [0.05, 0.1) is 19.8 Å². The van der Waals surface area contributed by atoms with Crippen molar-refractivity contribution in [1.82, 2.24) is 4.90 Å². The van der Waals surface area contributed by atoms with E-state index in [0.29, 0.717) is 32.3 Å². The molecule has 4 nitrogen and oxygen atoms in total. The van der Waals surface area contributed by atoms with Gasteiger partial charge in [0, 0.05) is 18.7 Å². The summed E-state index contributed by atoms with van der Waals surface area (Å²) in [6, 6.07) is 3.30. The number of hydrogen-bond donors (Lipinski definition) is 1. The normalized spacial score (nSPS) is 16.1. The lowest BCUT2D eigenvalue weighted by Crippen LogP contribution is -2.44. The van der Waals surface area contributed by atoms with E-state index in [1.165, 1.54) is 0 Å². The first-order valence-electron chi connectivity index (χ1n) is 5.73. The van der Waals surface area contributed by atoms with Crippen LogP contribution in [0.3, 0.4) is 0 Å². The largest absolute Gasteiger partial charge is 0.378 e. The van der Waals surface area contributed by atoms with E-state index in [-0.39, 0.29) is 36.1 Å². The number of nitrogens with zero attached hydrogens (tertiary/aromatic N) is 2. The van der Waals surface area contributed by atoms with Gasteiger partial charge < -0.3 is 15.4 Å². The summed E-state index contributed by atoms with van der Waals surface area (Å²) in [4.78, 5) is 5.94. The van der Waals surface area contributed by atoms with Crippen LogP contribution >= 0.6 is 24.0 Å². The highest BCUT2D eigenvalue weighted by Crippen LogP contribution is 2.11. The molecule has 7 heteroatoms. The van der Waals surface area contributed by atoms with Crippen molar-refractivity contribution >= 4 is 29.9 Å². The number of nitrogens with two attached hydrogens (primary N) is 1. The van der Waals surface area contributed by atoms with Crippen molar-refractivity contribution in [2.45, 2.75) is 6.54 Å². The molecule has 0 saturated carbocycles. The van der Waals surface area contributed by atoms with E-state index in [1.54, 1.807) is 0 Å². The van der Waals surface area contributed by atoms with Crippen LogP contribution in [-0.4, -0.2) is 37.2 Å². The second-order valence-corrected chi connectivity index (χ2v) is 4.01. The van der Waals surface area contributed by atoms with Gasteiger partial charge in [0.25, 0.3) is 0 Å². The van der Waals surface area contributed by atoms with Crippen LogP contribution in [0, 0.1) is 11.6 Å². The van der Waals surface area contributed by atoms with E-state index in [0.717, 1.165) is 18.2 Å². The minimum atomic E-state index is -0.480. The fraction of sp³-hybridized carbons (Fsp3) is 0.417. The van der Waals surface area contributed by atoms with Crippen LogP contribution < -0.4 is 5.73 Å². The van der Waals surface area contributed by atoms with Crippen LogP contribution in [0.5, 0.6) is 0 Å². The van der Waals surface area contributed by atoms with Gasteiger partial charge in [-0.25, -0.2) is 13.8 Å². The lowest BCUT2D eigenvalue weighted by Gasteiger charge is -2.27. The molecule has 0 unspecified atom stereocenters. The van der Waals surface area contributed by atoms with Crippen molar-refractivity contribution in [2.75, 3.05) is 26.3 Å². The molecule has 1 fully saturated rings. The molecule has 2 N–H and O–H groups in total. The topological polar surface area (TPSA) is 50.8 Å². The molecule has 0 bridgehead atoms. The first-order valence-corrected chi connectivity index (χ1v) is 5.73. The van der Waals surface area contributed by atoms with Crippen molar-refractivity contribution in [2.24, 2.45) is 10.7 Å². The van der Waals surface area contributed by atoms with Gasteiger partial charge in [-0.3, -0.25) is 0 Å². The average Bonchev–Trinajstić information content (AvgIpc) is 2.40. The first kappa shape index (κ1) is 16.1. The zero-order chi connectivity index (χ0) is 13.0. The molecule has 0 radical (unpaired) electrons. The zero-order valence-corrected chi connectivity index (χ0v) is 12.6. The number of benzene rings is 1. The van der Waals surface area contributed by atoms with Gasteiger partial charge in [0.1, 0.15) is 11.6 Å². The van der Waals surface area contributed by atoms with Crippen molar-refractivity contribution in [3.63, 3.8) is 0 Å². The average molecular weight is 383 g/mol. The van der Waals surface area contributed by atoms with Gasteiger partial charge in [-0.1, -0.05) is 0 Å². The van der Waals surface area contributed by atoms with Crippen LogP contribution in [0.2, 0.25) is 0 Å². The van der Waals surface area contributed by atoms with Crippen LogP contribution in [0.1, 0.15) is 5.56 Å². The Labute approximate surface area is 127 Å². The smallest absolute Gasteiger partial charge is 0.191 e. The molecule has 19 heavy (non-hydrogen) atoms. The van der Waals surface area contributed by atoms with Gasteiger partial charge in [0.2, 0.25) is 0 Å². The fourth-order valence-electron chi connectivity index (χ4n) is 1.72. The molecule has 1 aromatic carbocycles. The van der Waals surface area contributed by atoms with Gasteiger partial charge in [-0.15, -0.1) is 24.0 Å². The van der Waals surface area contributed by atoms with Gasteiger partial charge in [0.15, 0.2) is 5.96 Å². The molecule has 106 valence electrons. The van der Waals surface area contributed by atoms with E-state index in [9.17, 15) is 8.78 Å². The maximum Gasteiger partial charge on any atom is 0.191 e. The van der Waals surface area contributed by atoms with Crippen molar-refractivity contribution in [3.05, 3.63) is 35.4 Å². The number of ether oxygens (including phenoxy) is 1. The molecule has 1 heterocycles. The Morgan fingerprint density at radius 1 is 1.32 bits per heavy atom. The van der Waals surface area contributed by atoms with Crippen molar-refractivity contribution < 1.29 is 13.5 Å². The van der Waals surface area contributed by atoms with Gasteiger partial charge in [-0.2, -0.15) is 0 Å². The third-order valence-electron chi connectivity index (χ3n) is 2.75. The Balaban J connectivity index is 0.00000180. The Hall–Kier alpha value is -0.960. The van der Waals surface area contributed by atoms with Gasteiger partial charge >= 0.3 is 0 Å². The number of guanidine groups is 1. The summed E-state index contributed by atoms with van der Waals surface area (Å²) in [5.41, 5.74) is 5.99. The SMILES string of the molecule is I.NC(=NCc1cc(F)ccc1F)N1CCOCC1. The van der Waals surface area contributed by atoms with Crippen LogP contribution in [0.25, 0.3) is 0 Å². The number of aliphatic imine (C=N–C) groups is 1. The maximum absolute atomic E-state index is 13.4. The van der Waals surface area contributed by atoms with E-state index < -0.39 is 11.6 Å². The van der Waals surface area contributed by atoms with Crippen LogP contribution in [0.4, 0.5) is 8.78 Å². The molecule has 1 aliphatic rings. The highest BCUT2D eigenvalue weighted by Gasteiger charge is 2.12. The molecule has 0 spiro atoms. The first-order chi connectivity index (χ1) is 8.66. The number of halogens is 3. The maximum atomic E-state index is 13.4. The van der Waals surface area contributed by atoms with Crippen LogP contribution in [0.15, 0.2) is 23.2 Å². The minimum Gasteiger partial charge on any atom is -0.378 e. The quantitative estimate of drug-likeness (QED) is 0.481. The molecular formula is C12H16F2IN3O. The lowest BCUT2D eigenvalue weighted by molar-refractivity contribution is 0.0674. The molecule has 0 aliphatic carbocycles. The second kappa shape index (κ2) is 7.59. The summed E-state index contributed by atoms with van der Waals surface area (Å²) in [7, 11) is 0. The summed E-state index contributed by atoms with van der Waals surface area (Å²) >= 11 is 0. The number of hydrogen-bond acceptors (Lipinski definition) is 2. The molecule has 0 aromatic heterocycles. The minimum absolute atomic E-state index is 0. The lowest BCUT2D eigenvalue weighted by atomic mass is 10.2. The molecular weight excluding hydrogens is 367 g/mol. The van der Waals surface area contributed by atoms with E-state index >= 15 is 0 Å².